The number of aromatic nitrogens is 1. The fourth-order valence-electron chi connectivity index (χ4n) is 4.86. The first-order valence-electron chi connectivity index (χ1n) is 11.2. The molecule has 3 aromatic carbocycles. The Hall–Kier alpha value is -3.50. The topological polar surface area (TPSA) is 53.4 Å². The van der Waals surface area contributed by atoms with E-state index in [-0.39, 0.29) is 0 Å². The van der Waals surface area contributed by atoms with Crippen molar-refractivity contribution >= 4 is 16.9 Å². The van der Waals surface area contributed by atoms with E-state index in [1.54, 1.807) is 0 Å². The van der Waals surface area contributed by atoms with Crippen LogP contribution in [-0.2, 0) is 6.54 Å². The lowest BCUT2D eigenvalue weighted by Gasteiger charge is -2.33. The van der Waals surface area contributed by atoms with E-state index in [0.29, 0.717) is 23.4 Å². The molecule has 1 aliphatic rings. The van der Waals surface area contributed by atoms with Crippen LogP contribution in [0.1, 0.15) is 40.2 Å². The molecule has 2 heterocycles. The molecule has 1 aromatic heterocycles. The SMILES string of the molecule is O=C(O)c1c(CN2CCC(c3ccccc3)CC2)c(-c2ccccc2)nc2ccccc12. The van der Waals surface area contributed by atoms with Gasteiger partial charge < -0.3 is 5.11 Å². The normalized spacial score (nSPS) is 15.1. The van der Waals surface area contributed by atoms with Crippen LogP contribution in [0.4, 0.5) is 0 Å². The molecule has 1 saturated heterocycles. The summed E-state index contributed by atoms with van der Waals surface area (Å²) in [7, 11) is 0. The number of hydrogen-bond donors (Lipinski definition) is 1. The molecule has 1 fully saturated rings. The summed E-state index contributed by atoms with van der Waals surface area (Å²) in [5.74, 6) is -0.329. The standard InChI is InChI=1S/C28H26N2O2/c31-28(32)26-23-13-7-8-14-25(23)29-27(22-11-5-2-6-12-22)24(26)19-30-17-15-21(16-18-30)20-9-3-1-4-10-20/h1-14,21H,15-19H2,(H,31,32). The van der Waals surface area contributed by atoms with E-state index in [9.17, 15) is 9.90 Å². The maximum atomic E-state index is 12.5. The van der Waals surface area contributed by atoms with E-state index < -0.39 is 5.97 Å². The number of likely N-dealkylation sites (tertiary alicyclic amines) is 1. The number of carboxylic acid groups (broad SMARTS) is 1. The van der Waals surface area contributed by atoms with Crippen molar-refractivity contribution in [2.75, 3.05) is 13.1 Å². The van der Waals surface area contributed by atoms with Crippen molar-refractivity contribution in [3.63, 3.8) is 0 Å². The molecule has 0 aliphatic carbocycles. The summed E-state index contributed by atoms with van der Waals surface area (Å²) in [5.41, 5.74) is 5.02. The summed E-state index contributed by atoms with van der Waals surface area (Å²) in [6.07, 6.45) is 2.15. The fraction of sp³-hybridized carbons (Fsp3) is 0.214. The molecule has 0 bridgehead atoms. The van der Waals surface area contributed by atoms with Gasteiger partial charge in [0.15, 0.2) is 0 Å². The van der Waals surface area contributed by atoms with Crippen molar-refractivity contribution < 1.29 is 9.90 Å². The lowest BCUT2D eigenvalue weighted by molar-refractivity contribution is 0.0696. The summed E-state index contributed by atoms with van der Waals surface area (Å²) in [4.78, 5) is 19.8. The minimum Gasteiger partial charge on any atom is -0.478 e. The summed E-state index contributed by atoms with van der Waals surface area (Å²) >= 11 is 0. The number of fused-ring (bicyclic) bond motifs is 1. The summed E-state index contributed by atoms with van der Waals surface area (Å²) in [5, 5.41) is 10.9. The lowest BCUT2D eigenvalue weighted by atomic mass is 9.89. The van der Waals surface area contributed by atoms with Gasteiger partial charge in [-0.05, 0) is 43.5 Å². The van der Waals surface area contributed by atoms with Gasteiger partial charge in [-0.2, -0.15) is 0 Å². The van der Waals surface area contributed by atoms with E-state index in [1.165, 1.54) is 5.56 Å². The van der Waals surface area contributed by atoms with Gasteiger partial charge in [-0.15, -0.1) is 0 Å². The number of carboxylic acids is 1. The Morgan fingerprint density at radius 1 is 0.875 bits per heavy atom. The molecular weight excluding hydrogens is 396 g/mol. The molecule has 0 spiro atoms. The van der Waals surface area contributed by atoms with Gasteiger partial charge in [0.25, 0.3) is 0 Å². The van der Waals surface area contributed by atoms with Crippen molar-refractivity contribution in [3.8, 4) is 11.3 Å². The molecule has 0 atom stereocenters. The summed E-state index contributed by atoms with van der Waals surface area (Å²) in [6, 6.07) is 28.2. The zero-order valence-electron chi connectivity index (χ0n) is 17.9. The van der Waals surface area contributed by atoms with Gasteiger partial charge in [0, 0.05) is 23.1 Å². The third-order valence-electron chi connectivity index (χ3n) is 6.49. The predicted octanol–water partition coefficient (Wildman–Crippen LogP) is 5.98. The van der Waals surface area contributed by atoms with E-state index in [2.05, 4.69) is 35.2 Å². The number of rotatable bonds is 5. The quantitative estimate of drug-likeness (QED) is 0.430. The van der Waals surface area contributed by atoms with E-state index in [1.807, 2.05) is 54.6 Å². The first kappa shape index (κ1) is 20.4. The highest BCUT2D eigenvalue weighted by Gasteiger charge is 2.26. The maximum Gasteiger partial charge on any atom is 0.336 e. The van der Waals surface area contributed by atoms with Crippen molar-refractivity contribution in [1.29, 1.82) is 0 Å². The van der Waals surface area contributed by atoms with Crippen molar-refractivity contribution in [2.24, 2.45) is 0 Å². The molecule has 4 aromatic rings. The number of carbonyl (C=O) groups is 1. The highest BCUT2D eigenvalue weighted by Crippen LogP contribution is 2.34. The Balaban J connectivity index is 1.51. The highest BCUT2D eigenvalue weighted by atomic mass is 16.4. The average molecular weight is 423 g/mol. The summed E-state index contributed by atoms with van der Waals surface area (Å²) < 4.78 is 0. The lowest BCUT2D eigenvalue weighted by Crippen LogP contribution is -2.33. The van der Waals surface area contributed by atoms with Gasteiger partial charge >= 0.3 is 5.97 Å². The molecule has 4 nitrogen and oxygen atoms in total. The van der Waals surface area contributed by atoms with Crippen LogP contribution in [-0.4, -0.2) is 34.0 Å². The molecule has 5 rings (SSSR count). The van der Waals surface area contributed by atoms with Crippen LogP contribution < -0.4 is 0 Å². The van der Waals surface area contributed by atoms with Crippen molar-refractivity contribution in [3.05, 3.63) is 102 Å². The zero-order chi connectivity index (χ0) is 21.9. The minimum atomic E-state index is -0.894. The molecule has 0 unspecified atom stereocenters. The fourth-order valence-corrected chi connectivity index (χ4v) is 4.86. The maximum absolute atomic E-state index is 12.5. The van der Waals surface area contributed by atoms with Crippen LogP contribution in [0, 0.1) is 0 Å². The first-order valence-corrected chi connectivity index (χ1v) is 11.2. The third-order valence-corrected chi connectivity index (χ3v) is 6.49. The molecule has 0 amide bonds. The Kier molecular flexibility index (Phi) is 5.70. The van der Waals surface area contributed by atoms with Gasteiger partial charge in [0.05, 0.1) is 16.8 Å². The Morgan fingerprint density at radius 3 is 2.19 bits per heavy atom. The Labute approximate surface area is 188 Å². The molecule has 1 N–H and O–H groups in total. The van der Waals surface area contributed by atoms with E-state index in [4.69, 9.17) is 4.98 Å². The monoisotopic (exact) mass is 422 g/mol. The molecule has 4 heteroatoms. The molecular formula is C28H26N2O2. The second-order valence-corrected chi connectivity index (χ2v) is 8.46. The number of benzene rings is 3. The second-order valence-electron chi connectivity index (χ2n) is 8.46. The van der Waals surface area contributed by atoms with Gasteiger partial charge in [0.2, 0.25) is 0 Å². The van der Waals surface area contributed by atoms with E-state index >= 15 is 0 Å². The van der Waals surface area contributed by atoms with Gasteiger partial charge in [-0.25, -0.2) is 9.78 Å². The number of hydrogen-bond acceptors (Lipinski definition) is 3. The molecule has 0 saturated carbocycles. The first-order chi connectivity index (χ1) is 15.7. The average Bonchev–Trinajstić information content (AvgIpc) is 2.85. The van der Waals surface area contributed by atoms with Crippen molar-refractivity contribution in [2.45, 2.75) is 25.3 Å². The third kappa shape index (κ3) is 4.02. The molecule has 0 radical (unpaired) electrons. The van der Waals surface area contributed by atoms with Crippen LogP contribution in [0.15, 0.2) is 84.9 Å². The Morgan fingerprint density at radius 2 is 1.50 bits per heavy atom. The Bertz CT molecular complexity index is 1230. The predicted molar refractivity (Wildman–Crippen MR) is 128 cm³/mol. The van der Waals surface area contributed by atoms with Gasteiger partial charge in [-0.1, -0.05) is 78.9 Å². The van der Waals surface area contributed by atoms with Crippen LogP contribution in [0.5, 0.6) is 0 Å². The van der Waals surface area contributed by atoms with E-state index in [0.717, 1.165) is 48.3 Å². The van der Waals surface area contributed by atoms with Gasteiger partial charge in [-0.3, -0.25) is 4.90 Å². The number of piperidine rings is 1. The number of para-hydroxylation sites is 1. The molecule has 1 aliphatic heterocycles. The number of pyridine rings is 1. The number of aromatic carboxylic acids is 1. The summed E-state index contributed by atoms with van der Waals surface area (Å²) in [6.45, 7) is 2.48. The van der Waals surface area contributed by atoms with Crippen LogP contribution in [0.25, 0.3) is 22.2 Å². The van der Waals surface area contributed by atoms with Crippen molar-refractivity contribution in [1.82, 2.24) is 9.88 Å². The largest absolute Gasteiger partial charge is 0.478 e. The molecule has 32 heavy (non-hydrogen) atoms. The zero-order valence-corrected chi connectivity index (χ0v) is 17.9. The smallest absolute Gasteiger partial charge is 0.336 e. The van der Waals surface area contributed by atoms with Crippen LogP contribution in [0.3, 0.4) is 0 Å². The molecule has 160 valence electrons. The van der Waals surface area contributed by atoms with Gasteiger partial charge in [0.1, 0.15) is 0 Å². The van der Waals surface area contributed by atoms with Crippen LogP contribution >= 0.6 is 0 Å². The number of nitrogens with zero attached hydrogens (tertiary/aromatic N) is 2. The second kappa shape index (κ2) is 8.93. The minimum absolute atomic E-state index is 0.375. The highest BCUT2D eigenvalue weighted by molar-refractivity contribution is 6.05. The van der Waals surface area contributed by atoms with Crippen LogP contribution in [0.2, 0.25) is 0 Å².